The van der Waals surface area contributed by atoms with Crippen LogP contribution in [0, 0.1) is 0 Å². The molecule has 0 aliphatic heterocycles. The highest BCUT2D eigenvalue weighted by atomic mass is 16.7. The average Bonchev–Trinajstić information content (AvgIpc) is 2.04. The molecule has 1 unspecified atom stereocenters. The lowest BCUT2D eigenvalue weighted by Crippen LogP contribution is -2.35. The van der Waals surface area contributed by atoms with Gasteiger partial charge < -0.3 is 14.6 Å². The van der Waals surface area contributed by atoms with Crippen LogP contribution in [-0.4, -0.2) is 31.2 Å². The number of aliphatic hydroxyl groups is 1. The Morgan fingerprint density at radius 3 is 2.27 bits per heavy atom. The summed E-state index contributed by atoms with van der Waals surface area (Å²) in [4.78, 5) is 0. The third kappa shape index (κ3) is 3.18. The van der Waals surface area contributed by atoms with Crippen LogP contribution in [0.3, 0.4) is 0 Å². The first-order chi connectivity index (χ1) is 5.24. The van der Waals surface area contributed by atoms with Crippen LogP contribution in [0.25, 0.3) is 0 Å². The van der Waals surface area contributed by atoms with Crippen LogP contribution in [0.1, 0.15) is 26.7 Å². The molecule has 0 fully saturated rings. The van der Waals surface area contributed by atoms with E-state index in [1.807, 2.05) is 13.8 Å². The van der Waals surface area contributed by atoms with Crippen molar-refractivity contribution in [2.75, 3.05) is 20.3 Å². The summed E-state index contributed by atoms with van der Waals surface area (Å²) in [7, 11) is 1.61. The molecule has 0 aromatic carbocycles. The number of methoxy groups -OCH3 is 1. The zero-order chi connectivity index (χ0) is 8.74. The fourth-order valence-electron chi connectivity index (χ4n) is 1.09. The summed E-state index contributed by atoms with van der Waals surface area (Å²) < 4.78 is 10.6. The van der Waals surface area contributed by atoms with Crippen LogP contribution < -0.4 is 0 Å². The predicted molar refractivity (Wildman–Crippen MR) is 43.4 cm³/mol. The molecule has 0 aliphatic rings. The molecule has 3 heteroatoms. The van der Waals surface area contributed by atoms with Crippen molar-refractivity contribution in [2.45, 2.75) is 32.5 Å². The van der Waals surface area contributed by atoms with E-state index in [1.165, 1.54) is 0 Å². The van der Waals surface area contributed by atoms with E-state index in [9.17, 15) is 0 Å². The van der Waals surface area contributed by atoms with Gasteiger partial charge in [-0.1, -0.05) is 6.92 Å². The summed E-state index contributed by atoms with van der Waals surface area (Å²) in [6.07, 6.45) is 1.30. The van der Waals surface area contributed by atoms with Gasteiger partial charge in [0, 0.05) is 26.7 Å². The van der Waals surface area contributed by atoms with Crippen LogP contribution in [0.2, 0.25) is 0 Å². The Morgan fingerprint density at radius 1 is 1.36 bits per heavy atom. The van der Waals surface area contributed by atoms with Gasteiger partial charge in [0.2, 0.25) is 0 Å². The summed E-state index contributed by atoms with van der Waals surface area (Å²) >= 11 is 0. The lowest BCUT2D eigenvalue weighted by atomic mass is 10.1. The first-order valence-electron chi connectivity index (χ1n) is 4.04. The molecule has 11 heavy (non-hydrogen) atoms. The molecule has 68 valence electrons. The van der Waals surface area contributed by atoms with Gasteiger partial charge in [-0.15, -0.1) is 0 Å². The molecular formula is C8H18O3. The first-order valence-corrected chi connectivity index (χ1v) is 4.04. The van der Waals surface area contributed by atoms with Crippen LogP contribution in [0.15, 0.2) is 0 Å². The minimum absolute atomic E-state index is 0.0989. The molecule has 1 N–H and O–H groups in total. The topological polar surface area (TPSA) is 38.7 Å². The van der Waals surface area contributed by atoms with Crippen molar-refractivity contribution >= 4 is 0 Å². The van der Waals surface area contributed by atoms with Gasteiger partial charge in [-0.3, -0.25) is 0 Å². The molecule has 0 aliphatic carbocycles. The number of ether oxygens (including phenoxy) is 2. The monoisotopic (exact) mass is 162 g/mol. The zero-order valence-electron chi connectivity index (χ0n) is 7.59. The molecule has 0 bridgehead atoms. The van der Waals surface area contributed by atoms with Crippen molar-refractivity contribution in [3.05, 3.63) is 0 Å². The van der Waals surface area contributed by atoms with E-state index >= 15 is 0 Å². The zero-order valence-corrected chi connectivity index (χ0v) is 7.59. The van der Waals surface area contributed by atoms with Crippen molar-refractivity contribution in [1.82, 2.24) is 0 Å². The molecular weight excluding hydrogens is 144 g/mol. The first kappa shape index (κ1) is 10.9. The van der Waals surface area contributed by atoms with Gasteiger partial charge in [-0.2, -0.15) is 0 Å². The second-order valence-electron chi connectivity index (χ2n) is 2.37. The van der Waals surface area contributed by atoms with Crippen molar-refractivity contribution in [3.8, 4) is 0 Å². The van der Waals surface area contributed by atoms with Gasteiger partial charge in [0.25, 0.3) is 0 Å². The normalized spacial score (nSPS) is 16.4. The van der Waals surface area contributed by atoms with Gasteiger partial charge in [0.05, 0.1) is 0 Å². The Kier molecular flexibility index (Phi) is 5.46. The van der Waals surface area contributed by atoms with E-state index in [0.717, 1.165) is 6.42 Å². The van der Waals surface area contributed by atoms with Crippen LogP contribution in [-0.2, 0) is 9.47 Å². The third-order valence-electron chi connectivity index (χ3n) is 1.81. The smallest absolute Gasteiger partial charge is 0.169 e. The fourth-order valence-corrected chi connectivity index (χ4v) is 1.09. The maximum Gasteiger partial charge on any atom is 0.169 e. The molecule has 0 radical (unpaired) electrons. The van der Waals surface area contributed by atoms with E-state index < -0.39 is 5.79 Å². The van der Waals surface area contributed by atoms with Crippen molar-refractivity contribution < 1.29 is 14.6 Å². The van der Waals surface area contributed by atoms with Gasteiger partial charge in [0.1, 0.15) is 0 Å². The van der Waals surface area contributed by atoms with E-state index in [1.54, 1.807) is 7.11 Å². The summed E-state index contributed by atoms with van der Waals surface area (Å²) in [6, 6.07) is 0. The number of rotatable bonds is 6. The SMILES string of the molecule is CCOC(CC)(CCO)OC. The minimum atomic E-state index is -0.566. The van der Waals surface area contributed by atoms with E-state index in [4.69, 9.17) is 14.6 Å². The Bertz CT molecular complexity index is 81.3. The molecule has 0 heterocycles. The summed E-state index contributed by atoms with van der Waals surface area (Å²) in [6.45, 7) is 4.61. The molecule has 0 saturated carbocycles. The lowest BCUT2D eigenvalue weighted by Gasteiger charge is -2.30. The Labute approximate surface area is 68.3 Å². The minimum Gasteiger partial charge on any atom is -0.396 e. The predicted octanol–water partition coefficient (Wildman–Crippen LogP) is 1.16. The van der Waals surface area contributed by atoms with Crippen LogP contribution >= 0.6 is 0 Å². The van der Waals surface area contributed by atoms with Gasteiger partial charge in [-0.05, 0) is 13.3 Å². The van der Waals surface area contributed by atoms with Crippen molar-refractivity contribution in [2.24, 2.45) is 0 Å². The molecule has 3 nitrogen and oxygen atoms in total. The third-order valence-corrected chi connectivity index (χ3v) is 1.81. The molecule has 0 aromatic rings. The highest BCUT2D eigenvalue weighted by Crippen LogP contribution is 2.20. The molecule has 0 saturated heterocycles. The van der Waals surface area contributed by atoms with Gasteiger partial charge in [0.15, 0.2) is 5.79 Å². The summed E-state index contributed by atoms with van der Waals surface area (Å²) in [5.41, 5.74) is 0. The Hall–Kier alpha value is -0.120. The van der Waals surface area contributed by atoms with Gasteiger partial charge >= 0.3 is 0 Å². The van der Waals surface area contributed by atoms with Crippen LogP contribution in [0.5, 0.6) is 0 Å². The number of hydrogen-bond donors (Lipinski definition) is 1. The summed E-state index contributed by atoms with van der Waals surface area (Å²) in [5, 5.41) is 8.73. The van der Waals surface area contributed by atoms with Crippen molar-refractivity contribution in [1.29, 1.82) is 0 Å². The molecule has 0 aromatic heterocycles. The highest BCUT2D eigenvalue weighted by molar-refractivity contribution is 4.66. The number of hydrogen-bond acceptors (Lipinski definition) is 3. The highest BCUT2D eigenvalue weighted by Gasteiger charge is 2.26. The second-order valence-corrected chi connectivity index (χ2v) is 2.37. The average molecular weight is 162 g/mol. The molecule has 0 rings (SSSR count). The maximum absolute atomic E-state index is 8.73. The fraction of sp³-hybridized carbons (Fsp3) is 1.00. The summed E-state index contributed by atoms with van der Waals surface area (Å²) in [5.74, 6) is -0.566. The lowest BCUT2D eigenvalue weighted by molar-refractivity contribution is -0.229. The van der Waals surface area contributed by atoms with Crippen LogP contribution in [0.4, 0.5) is 0 Å². The molecule has 1 atom stereocenters. The number of aliphatic hydroxyl groups excluding tert-OH is 1. The second kappa shape index (κ2) is 5.52. The standard InChI is InChI=1S/C8H18O3/c1-4-8(10-3,6-7-9)11-5-2/h9H,4-7H2,1-3H3. The van der Waals surface area contributed by atoms with Gasteiger partial charge in [-0.25, -0.2) is 0 Å². The quantitative estimate of drug-likeness (QED) is 0.595. The largest absolute Gasteiger partial charge is 0.396 e. The Balaban J connectivity index is 3.96. The van der Waals surface area contributed by atoms with E-state index in [0.29, 0.717) is 13.0 Å². The molecule has 0 spiro atoms. The van der Waals surface area contributed by atoms with Crippen molar-refractivity contribution in [3.63, 3.8) is 0 Å². The van der Waals surface area contributed by atoms with E-state index in [2.05, 4.69) is 0 Å². The maximum atomic E-state index is 8.73. The molecule has 0 amide bonds. The Morgan fingerprint density at radius 2 is 2.00 bits per heavy atom. The van der Waals surface area contributed by atoms with E-state index in [-0.39, 0.29) is 6.61 Å².